The number of halogens is 1. The molecule has 2 amide bonds. The Morgan fingerprint density at radius 3 is 2.57 bits per heavy atom. The van der Waals surface area contributed by atoms with Gasteiger partial charge in [0.15, 0.2) is 23.1 Å². The summed E-state index contributed by atoms with van der Waals surface area (Å²) >= 11 is 3.34. The maximum atomic E-state index is 13.5. The lowest BCUT2D eigenvalue weighted by molar-refractivity contribution is -0.142. The minimum atomic E-state index is -1.11. The number of fused-ring (bicyclic) bond motifs is 3. The van der Waals surface area contributed by atoms with Gasteiger partial charge in [0.1, 0.15) is 0 Å². The van der Waals surface area contributed by atoms with Crippen molar-refractivity contribution in [3.05, 3.63) is 56.6 Å². The second kappa shape index (κ2) is 9.09. The molecule has 0 radical (unpaired) electrons. The fourth-order valence-electron chi connectivity index (χ4n) is 6.15. The van der Waals surface area contributed by atoms with E-state index in [1.165, 1.54) is 13.2 Å². The van der Waals surface area contributed by atoms with Crippen LogP contribution in [0.1, 0.15) is 37.7 Å². The van der Waals surface area contributed by atoms with Gasteiger partial charge in [-0.3, -0.25) is 28.9 Å². The van der Waals surface area contributed by atoms with Crippen molar-refractivity contribution >= 4 is 45.3 Å². The predicted octanol–water partition coefficient (Wildman–Crippen LogP) is 3.07. The molecule has 0 spiro atoms. The summed E-state index contributed by atoms with van der Waals surface area (Å²) in [6, 6.07) is 3.27. The van der Waals surface area contributed by atoms with E-state index in [9.17, 15) is 29.1 Å². The number of hydrogen-bond acceptors (Lipinski definition) is 7. The lowest BCUT2D eigenvalue weighted by atomic mass is 9.59. The van der Waals surface area contributed by atoms with E-state index in [-0.39, 0.29) is 48.9 Å². The number of ether oxygens (including phenoxy) is 1. The van der Waals surface area contributed by atoms with Crippen LogP contribution in [-0.2, 0) is 24.0 Å². The lowest BCUT2D eigenvalue weighted by Crippen LogP contribution is -2.40. The number of carbonyl (C=O) groups is 5. The highest BCUT2D eigenvalue weighted by Gasteiger charge is 2.56. The van der Waals surface area contributed by atoms with Crippen molar-refractivity contribution in [3.8, 4) is 11.5 Å². The normalized spacial score (nSPS) is 26.9. The number of amides is 2. The largest absolute Gasteiger partial charge is 0.503 e. The van der Waals surface area contributed by atoms with Gasteiger partial charge in [0, 0.05) is 29.2 Å². The van der Waals surface area contributed by atoms with Gasteiger partial charge in [-0.15, -0.1) is 0 Å². The fourth-order valence-corrected chi connectivity index (χ4v) is 6.61. The SMILES string of the molecule is COc1cc([C@H]2C3=CC[C@@H]4C(=O)N(CCC(=O)O)C(=O)[C@@H]4[C@@H]3CC3=C2C(=O)C(C)=CC3=O)cc(Br)c1O. The zero-order valence-corrected chi connectivity index (χ0v) is 21.7. The molecule has 192 valence electrons. The third kappa shape index (κ3) is 3.85. The minimum Gasteiger partial charge on any atom is -0.503 e. The smallest absolute Gasteiger partial charge is 0.305 e. The number of ketones is 2. The van der Waals surface area contributed by atoms with Crippen molar-refractivity contribution in [2.45, 2.75) is 32.1 Å². The topological polar surface area (TPSA) is 138 Å². The van der Waals surface area contributed by atoms with Crippen molar-refractivity contribution in [1.82, 2.24) is 4.90 Å². The number of phenols is 1. The second-order valence-electron chi connectivity index (χ2n) is 9.75. The number of benzene rings is 1. The number of rotatable bonds is 5. The molecule has 1 aromatic rings. The number of hydrogen-bond donors (Lipinski definition) is 2. The summed E-state index contributed by atoms with van der Waals surface area (Å²) in [6.45, 7) is 1.38. The molecule has 10 heteroatoms. The maximum Gasteiger partial charge on any atom is 0.305 e. The van der Waals surface area contributed by atoms with Crippen LogP contribution in [0.15, 0.2) is 51.0 Å². The van der Waals surface area contributed by atoms with Gasteiger partial charge < -0.3 is 14.9 Å². The molecule has 1 fully saturated rings. The van der Waals surface area contributed by atoms with Crippen LogP contribution in [0.4, 0.5) is 0 Å². The highest BCUT2D eigenvalue weighted by Crippen LogP contribution is 2.56. The Hall–Kier alpha value is -3.53. The number of Topliss-reactive ketones (excluding diaryl/α,β-unsaturated/α-hetero) is 1. The zero-order chi connectivity index (χ0) is 26.8. The molecule has 0 saturated carbocycles. The van der Waals surface area contributed by atoms with Crippen LogP contribution in [-0.4, -0.2) is 58.1 Å². The number of allylic oxidation sites excluding steroid dienone is 6. The highest BCUT2D eigenvalue weighted by atomic mass is 79.9. The van der Waals surface area contributed by atoms with E-state index >= 15 is 0 Å². The number of likely N-dealkylation sites (tertiary alicyclic amines) is 1. The van der Waals surface area contributed by atoms with Crippen LogP contribution < -0.4 is 4.74 Å². The standard InChI is InChI=1S/C27H24BrNO8/c1-11-7-18(30)16-10-15-13(3-4-14-22(15)27(36)29(26(14)35)6-5-20(31)32)21(23(16)24(11)33)12-8-17(28)25(34)19(9-12)37-2/h3,7-9,14-15,21-22,34H,4-6,10H2,1-2H3,(H,31,32)/t14-,15+,21-,22-/m0/s1. The van der Waals surface area contributed by atoms with Gasteiger partial charge in [0.25, 0.3) is 0 Å². The molecule has 0 unspecified atom stereocenters. The molecule has 0 bridgehead atoms. The van der Waals surface area contributed by atoms with Crippen LogP contribution in [0.5, 0.6) is 11.5 Å². The Morgan fingerprint density at radius 1 is 1.16 bits per heavy atom. The number of aromatic hydroxyl groups is 1. The Morgan fingerprint density at radius 2 is 1.89 bits per heavy atom. The van der Waals surface area contributed by atoms with Crippen LogP contribution in [0.2, 0.25) is 0 Å². The molecule has 4 atom stereocenters. The van der Waals surface area contributed by atoms with Gasteiger partial charge in [0.05, 0.1) is 29.8 Å². The van der Waals surface area contributed by atoms with Crippen LogP contribution in [0, 0.1) is 17.8 Å². The number of nitrogens with zero attached hydrogens (tertiary/aromatic N) is 1. The zero-order valence-electron chi connectivity index (χ0n) is 20.1. The van der Waals surface area contributed by atoms with E-state index in [0.717, 1.165) is 10.5 Å². The minimum absolute atomic E-state index is 0.113. The van der Waals surface area contributed by atoms with Crippen molar-refractivity contribution in [2.24, 2.45) is 17.8 Å². The van der Waals surface area contributed by atoms with Crippen LogP contribution in [0.25, 0.3) is 0 Å². The molecule has 1 aromatic carbocycles. The van der Waals surface area contributed by atoms with E-state index in [2.05, 4.69) is 15.9 Å². The van der Waals surface area contributed by atoms with Crippen molar-refractivity contribution < 1.29 is 38.9 Å². The molecule has 1 heterocycles. The highest BCUT2D eigenvalue weighted by molar-refractivity contribution is 9.10. The van der Waals surface area contributed by atoms with E-state index in [4.69, 9.17) is 9.84 Å². The molecule has 0 aromatic heterocycles. The third-order valence-electron chi connectivity index (χ3n) is 7.81. The average Bonchev–Trinajstić information content (AvgIpc) is 3.10. The van der Waals surface area contributed by atoms with Crippen LogP contribution in [0.3, 0.4) is 0 Å². The first-order valence-electron chi connectivity index (χ1n) is 11.9. The Balaban J connectivity index is 1.65. The first-order valence-corrected chi connectivity index (χ1v) is 12.7. The van der Waals surface area contributed by atoms with Gasteiger partial charge >= 0.3 is 5.97 Å². The van der Waals surface area contributed by atoms with Crippen molar-refractivity contribution in [2.75, 3.05) is 13.7 Å². The van der Waals surface area contributed by atoms with Crippen molar-refractivity contribution in [1.29, 1.82) is 0 Å². The van der Waals surface area contributed by atoms with Gasteiger partial charge in [-0.25, -0.2) is 0 Å². The number of carboxylic acid groups (broad SMARTS) is 1. The number of carbonyl (C=O) groups excluding carboxylic acids is 4. The first kappa shape index (κ1) is 25.1. The number of methoxy groups -OCH3 is 1. The number of imide groups is 1. The van der Waals surface area contributed by atoms with Gasteiger partial charge in [0.2, 0.25) is 11.8 Å². The predicted molar refractivity (Wildman–Crippen MR) is 133 cm³/mol. The fraction of sp³-hybridized carbons (Fsp3) is 0.370. The number of phenolic OH excluding ortho intramolecular Hbond substituents is 1. The quantitative estimate of drug-likeness (QED) is 0.313. The summed E-state index contributed by atoms with van der Waals surface area (Å²) in [5, 5.41) is 19.4. The second-order valence-corrected chi connectivity index (χ2v) is 10.6. The average molecular weight is 570 g/mol. The number of carboxylic acids is 1. The van der Waals surface area contributed by atoms with Crippen molar-refractivity contribution in [3.63, 3.8) is 0 Å². The molecule has 2 N–H and O–H groups in total. The molecular formula is C27H24BrNO8. The third-order valence-corrected chi connectivity index (χ3v) is 8.41. The monoisotopic (exact) mass is 569 g/mol. The lowest BCUT2D eigenvalue weighted by Gasteiger charge is -2.42. The summed E-state index contributed by atoms with van der Waals surface area (Å²) in [4.78, 5) is 65.3. The van der Waals surface area contributed by atoms with E-state index in [0.29, 0.717) is 26.8 Å². The summed E-state index contributed by atoms with van der Waals surface area (Å²) in [5.41, 5.74) is 2.33. The number of aliphatic carboxylic acids is 1. The summed E-state index contributed by atoms with van der Waals surface area (Å²) in [5.74, 6) is -5.06. The van der Waals surface area contributed by atoms with E-state index in [1.807, 2.05) is 6.08 Å². The maximum absolute atomic E-state index is 13.5. The Bertz CT molecular complexity index is 1390. The summed E-state index contributed by atoms with van der Waals surface area (Å²) in [6.07, 6.45) is 3.23. The van der Waals surface area contributed by atoms with Gasteiger partial charge in [-0.05, 0) is 65.4 Å². The Labute approximate surface area is 220 Å². The molecule has 1 aliphatic heterocycles. The van der Waals surface area contributed by atoms with Crippen LogP contribution >= 0.6 is 15.9 Å². The molecule has 9 nitrogen and oxygen atoms in total. The molecule has 5 rings (SSSR count). The first-order chi connectivity index (χ1) is 17.5. The van der Waals surface area contributed by atoms with Gasteiger partial charge in [-0.2, -0.15) is 0 Å². The van der Waals surface area contributed by atoms with Gasteiger partial charge in [-0.1, -0.05) is 11.6 Å². The Kier molecular flexibility index (Phi) is 6.18. The molecular weight excluding hydrogens is 546 g/mol. The summed E-state index contributed by atoms with van der Waals surface area (Å²) < 4.78 is 5.67. The summed E-state index contributed by atoms with van der Waals surface area (Å²) in [7, 11) is 1.40. The van der Waals surface area contributed by atoms with E-state index < -0.39 is 41.5 Å². The molecule has 4 aliphatic rings. The van der Waals surface area contributed by atoms with E-state index in [1.54, 1.807) is 19.1 Å². The molecule has 1 saturated heterocycles. The molecule has 37 heavy (non-hydrogen) atoms. The molecule has 3 aliphatic carbocycles.